The molecule has 1 fully saturated rings. The Morgan fingerprint density at radius 2 is 2.20 bits per heavy atom. The topological polar surface area (TPSA) is 63.8 Å². The van der Waals surface area contributed by atoms with Gasteiger partial charge in [-0.1, -0.05) is 13.3 Å². The van der Waals surface area contributed by atoms with Crippen LogP contribution >= 0.6 is 0 Å². The smallest absolute Gasteiger partial charge is 0.293 e. The highest BCUT2D eigenvalue weighted by molar-refractivity contribution is 5.91. The number of hydrogen-bond acceptors (Lipinski definition) is 5. The third-order valence-electron chi connectivity index (χ3n) is 6.74. The normalized spacial score (nSPS) is 24.3. The number of H-pyrrole nitrogens is 1. The van der Waals surface area contributed by atoms with Crippen molar-refractivity contribution >= 4 is 17.4 Å². The molecule has 3 atom stereocenters. The maximum atomic E-state index is 14.4. The Morgan fingerprint density at radius 3 is 2.90 bits per heavy atom. The molecular formula is C23H29FN2O4. The molecular weight excluding hydrogens is 387 g/mol. The minimum atomic E-state index is -0.335. The maximum Gasteiger partial charge on any atom is 0.293 e. The molecule has 162 valence electrons. The second-order valence-electron chi connectivity index (χ2n) is 8.13. The average Bonchev–Trinajstić information content (AvgIpc) is 3.15. The van der Waals surface area contributed by atoms with Gasteiger partial charge in [0, 0.05) is 35.3 Å². The zero-order valence-electron chi connectivity index (χ0n) is 17.7. The number of methoxy groups -OCH3 is 2. The first-order valence-electron chi connectivity index (χ1n) is 10.5. The molecule has 2 aromatic rings. The number of aromatic nitrogens is 1. The molecule has 0 spiro atoms. The number of carbonyl (C=O) groups is 1. The largest absolute Gasteiger partial charge is 0.504 e. The van der Waals surface area contributed by atoms with Crippen molar-refractivity contribution in [1.82, 2.24) is 9.88 Å². The van der Waals surface area contributed by atoms with Gasteiger partial charge >= 0.3 is 0 Å². The Morgan fingerprint density at radius 1 is 1.37 bits per heavy atom. The van der Waals surface area contributed by atoms with Crippen LogP contribution in [0.15, 0.2) is 24.0 Å². The first-order valence-corrected chi connectivity index (χ1v) is 10.5. The number of hydrogen-bond donors (Lipinski definition) is 1. The highest BCUT2D eigenvalue weighted by atomic mass is 19.1. The van der Waals surface area contributed by atoms with Gasteiger partial charge < -0.3 is 19.2 Å². The van der Waals surface area contributed by atoms with Crippen molar-refractivity contribution in [3.05, 3.63) is 41.0 Å². The number of rotatable bonds is 7. The Bertz CT molecular complexity index is 954. The summed E-state index contributed by atoms with van der Waals surface area (Å²) >= 11 is 0. The predicted octanol–water partition coefficient (Wildman–Crippen LogP) is 3.96. The molecule has 4 rings (SSSR count). The van der Waals surface area contributed by atoms with Gasteiger partial charge in [0.1, 0.15) is 6.61 Å². The minimum Gasteiger partial charge on any atom is -0.504 e. The standard InChI is InChI=1S/C23H29FN2O4/c1-4-14-10-26-8-7-16-21-19(6-5-18(24)23(21)29-3)25-22(16)20(26)9-17(14)15(11-28-2)12-30-13-27/h5-6,11,13-14,17,20,25H,4,7-10,12H2,1-3H3/t14-,17+,20+/m1/s1. The molecule has 0 unspecified atom stereocenters. The summed E-state index contributed by atoms with van der Waals surface area (Å²) in [5.74, 6) is 0.678. The minimum absolute atomic E-state index is 0.193. The molecule has 0 saturated carbocycles. The molecule has 0 bridgehead atoms. The predicted molar refractivity (Wildman–Crippen MR) is 112 cm³/mol. The van der Waals surface area contributed by atoms with E-state index in [0.717, 1.165) is 60.1 Å². The van der Waals surface area contributed by atoms with Crippen molar-refractivity contribution in [3.63, 3.8) is 0 Å². The fourth-order valence-corrected chi connectivity index (χ4v) is 5.38. The lowest BCUT2D eigenvalue weighted by Crippen LogP contribution is -2.46. The van der Waals surface area contributed by atoms with Crippen molar-refractivity contribution in [1.29, 1.82) is 0 Å². The van der Waals surface area contributed by atoms with E-state index in [1.807, 2.05) is 0 Å². The van der Waals surface area contributed by atoms with Crippen LogP contribution in [0.25, 0.3) is 10.9 Å². The summed E-state index contributed by atoms with van der Waals surface area (Å²) in [6.45, 7) is 4.82. The maximum absolute atomic E-state index is 14.4. The van der Waals surface area contributed by atoms with Gasteiger partial charge in [0.05, 0.1) is 26.5 Å². The Balaban J connectivity index is 1.74. The fourth-order valence-electron chi connectivity index (χ4n) is 5.38. The fraction of sp³-hybridized carbons (Fsp3) is 0.522. The van der Waals surface area contributed by atoms with E-state index >= 15 is 0 Å². The quantitative estimate of drug-likeness (QED) is 0.547. The SMILES string of the molecule is CC[C@@H]1CN2CCc3c([nH]c4ccc(F)c(OC)c34)[C@@H]2C[C@@H]1C(=COC)COC=O. The molecule has 0 amide bonds. The molecule has 0 aliphatic carbocycles. The second-order valence-corrected chi connectivity index (χ2v) is 8.13. The molecule has 1 aromatic heterocycles. The summed E-state index contributed by atoms with van der Waals surface area (Å²) in [6.07, 6.45) is 4.51. The van der Waals surface area contributed by atoms with E-state index in [1.54, 1.807) is 19.4 Å². The number of carbonyl (C=O) groups excluding carboxylic acids is 1. The van der Waals surface area contributed by atoms with Crippen LogP contribution in [0.1, 0.15) is 37.1 Å². The molecule has 1 aromatic carbocycles. The Hall–Kier alpha value is -2.54. The van der Waals surface area contributed by atoms with Crippen molar-refractivity contribution in [2.45, 2.75) is 32.2 Å². The van der Waals surface area contributed by atoms with Crippen molar-refractivity contribution in [2.24, 2.45) is 11.8 Å². The molecule has 1 N–H and O–H groups in total. The number of aromatic amines is 1. The molecule has 7 heteroatoms. The number of halogens is 1. The third-order valence-corrected chi connectivity index (χ3v) is 6.74. The Kier molecular flexibility index (Phi) is 5.99. The van der Waals surface area contributed by atoms with Crippen molar-refractivity contribution in [3.8, 4) is 5.75 Å². The van der Waals surface area contributed by atoms with Crippen LogP contribution in [0, 0.1) is 17.7 Å². The molecule has 2 aliphatic heterocycles. The van der Waals surface area contributed by atoms with Crippen molar-refractivity contribution in [2.75, 3.05) is 33.9 Å². The number of fused-ring (bicyclic) bond motifs is 5. The number of nitrogens with zero attached hydrogens (tertiary/aromatic N) is 1. The molecule has 2 aliphatic rings. The first kappa shape index (κ1) is 20.7. The third kappa shape index (κ3) is 3.45. The van der Waals surface area contributed by atoms with Crippen LogP contribution in [0.5, 0.6) is 5.75 Å². The summed E-state index contributed by atoms with van der Waals surface area (Å²) < 4.78 is 30.1. The lowest BCUT2D eigenvalue weighted by atomic mass is 9.74. The van der Waals surface area contributed by atoms with Gasteiger partial charge in [-0.25, -0.2) is 4.39 Å². The van der Waals surface area contributed by atoms with Gasteiger partial charge in [0.2, 0.25) is 0 Å². The van der Waals surface area contributed by atoms with Gasteiger partial charge in [0.15, 0.2) is 11.6 Å². The van der Waals surface area contributed by atoms with Crippen LogP contribution in [-0.2, 0) is 20.7 Å². The van der Waals surface area contributed by atoms with Gasteiger partial charge in [-0.2, -0.15) is 0 Å². The lowest BCUT2D eigenvalue weighted by molar-refractivity contribution is -0.128. The van der Waals surface area contributed by atoms with E-state index < -0.39 is 0 Å². The van der Waals surface area contributed by atoms with Crippen LogP contribution in [0.4, 0.5) is 4.39 Å². The first-order chi connectivity index (χ1) is 14.6. The van der Waals surface area contributed by atoms with Gasteiger partial charge in [0.25, 0.3) is 6.47 Å². The summed E-state index contributed by atoms with van der Waals surface area (Å²) in [6, 6.07) is 3.44. The number of nitrogens with one attached hydrogen (secondary N) is 1. The number of ether oxygens (including phenoxy) is 3. The van der Waals surface area contributed by atoms with Crippen LogP contribution in [0.3, 0.4) is 0 Å². The summed E-state index contributed by atoms with van der Waals surface area (Å²) in [5.41, 5.74) is 4.21. The average molecular weight is 416 g/mol. The van der Waals surface area contributed by atoms with Gasteiger partial charge in [-0.3, -0.25) is 9.69 Å². The molecule has 1 saturated heterocycles. The zero-order chi connectivity index (χ0) is 21.3. The monoisotopic (exact) mass is 416 g/mol. The number of benzene rings is 1. The molecule has 0 radical (unpaired) electrons. The van der Waals surface area contributed by atoms with Gasteiger partial charge in [-0.15, -0.1) is 0 Å². The molecule has 3 heterocycles. The second kappa shape index (κ2) is 8.68. The summed E-state index contributed by atoms with van der Waals surface area (Å²) in [5, 5.41) is 0.860. The van der Waals surface area contributed by atoms with E-state index in [2.05, 4.69) is 16.8 Å². The van der Waals surface area contributed by atoms with E-state index in [4.69, 9.17) is 14.2 Å². The highest BCUT2D eigenvalue weighted by Crippen LogP contribution is 2.47. The summed E-state index contributed by atoms with van der Waals surface area (Å²) in [4.78, 5) is 16.9. The van der Waals surface area contributed by atoms with E-state index in [9.17, 15) is 9.18 Å². The zero-order valence-corrected chi connectivity index (χ0v) is 17.7. The van der Waals surface area contributed by atoms with Gasteiger partial charge in [-0.05, 0) is 42.4 Å². The van der Waals surface area contributed by atoms with E-state index in [1.165, 1.54) is 13.2 Å². The van der Waals surface area contributed by atoms with E-state index in [-0.39, 0.29) is 24.4 Å². The molecule has 30 heavy (non-hydrogen) atoms. The van der Waals surface area contributed by atoms with Crippen LogP contribution in [0.2, 0.25) is 0 Å². The van der Waals surface area contributed by atoms with Crippen LogP contribution in [-0.4, -0.2) is 50.3 Å². The number of piperidine rings is 1. The van der Waals surface area contributed by atoms with E-state index in [0.29, 0.717) is 18.1 Å². The van der Waals surface area contributed by atoms with Crippen molar-refractivity contribution < 1.29 is 23.4 Å². The lowest BCUT2D eigenvalue weighted by Gasteiger charge is -2.46. The Labute approximate surface area is 176 Å². The molecule has 6 nitrogen and oxygen atoms in total. The van der Waals surface area contributed by atoms with Crippen LogP contribution < -0.4 is 4.74 Å². The summed E-state index contributed by atoms with van der Waals surface area (Å²) in [7, 11) is 3.14. The highest BCUT2D eigenvalue weighted by Gasteiger charge is 2.41.